The van der Waals surface area contributed by atoms with Crippen molar-refractivity contribution in [3.8, 4) is 6.07 Å². The van der Waals surface area contributed by atoms with Crippen LogP contribution in [0, 0.1) is 11.3 Å². The van der Waals surface area contributed by atoms with Crippen LogP contribution in [0.15, 0.2) is 36.9 Å². The molecule has 1 aliphatic heterocycles. The Labute approximate surface area is 165 Å². The van der Waals surface area contributed by atoms with Gasteiger partial charge in [-0.1, -0.05) is 12.1 Å². The molecule has 0 radical (unpaired) electrons. The van der Waals surface area contributed by atoms with Crippen molar-refractivity contribution in [2.24, 2.45) is 0 Å². The van der Waals surface area contributed by atoms with Gasteiger partial charge in [0.1, 0.15) is 24.1 Å². The molecule has 1 aromatic carbocycles. The molecule has 3 N–H and O–H groups in total. The maximum Gasteiger partial charge on any atom is 0.272 e. The molecule has 0 saturated carbocycles. The third-order valence-electron chi connectivity index (χ3n) is 4.86. The first-order valence-corrected chi connectivity index (χ1v) is 8.96. The van der Waals surface area contributed by atoms with Crippen molar-refractivity contribution >= 4 is 17.1 Å². The van der Waals surface area contributed by atoms with Crippen LogP contribution in [0.5, 0.6) is 0 Å². The summed E-state index contributed by atoms with van der Waals surface area (Å²) < 4.78 is 7.08. The average Bonchev–Trinajstić information content (AvgIpc) is 3.28. The van der Waals surface area contributed by atoms with E-state index >= 15 is 0 Å². The standard InChI is InChI=1S/C19H18N6O4/c1-10-15(26)16(27)19(29-10)25-9-24-13-14(22-8-23-17(13)25)18(28)21-7-12-4-2-11(6-20)3-5-12/h2-5,8-10,15-16,19,26-27H,7H2,1H3,(H,21,28)/t10-,15-,16-,19-/m1/s1. The van der Waals surface area contributed by atoms with Gasteiger partial charge in [0.15, 0.2) is 17.6 Å². The molecule has 1 saturated heterocycles. The van der Waals surface area contributed by atoms with E-state index in [0.717, 1.165) is 5.56 Å². The number of rotatable bonds is 4. The molecule has 1 fully saturated rings. The van der Waals surface area contributed by atoms with Crippen LogP contribution in [-0.2, 0) is 11.3 Å². The Balaban J connectivity index is 1.56. The number of aliphatic hydroxyl groups is 2. The van der Waals surface area contributed by atoms with Crippen molar-refractivity contribution in [3.63, 3.8) is 0 Å². The van der Waals surface area contributed by atoms with Gasteiger partial charge < -0.3 is 20.3 Å². The summed E-state index contributed by atoms with van der Waals surface area (Å²) in [5.74, 6) is -0.437. The van der Waals surface area contributed by atoms with Crippen LogP contribution < -0.4 is 5.32 Å². The van der Waals surface area contributed by atoms with Gasteiger partial charge in [-0.15, -0.1) is 0 Å². The molecule has 4 atom stereocenters. The molecule has 4 rings (SSSR count). The predicted molar refractivity (Wildman–Crippen MR) is 99.2 cm³/mol. The van der Waals surface area contributed by atoms with E-state index in [1.165, 1.54) is 17.2 Å². The highest BCUT2D eigenvalue weighted by molar-refractivity contribution is 6.02. The summed E-state index contributed by atoms with van der Waals surface area (Å²) in [6.45, 7) is 1.91. The molecule has 1 aliphatic rings. The van der Waals surface area contributed by atoms with Crippen LogP contribution in [0.1, 0.15) is 34.8 Å². The monoisotopic (exact) mass is 394 g/mol. The topological polar surface area (TPSA) is 146 Å². The lowest BCUT2D eigenvalue weighted by atomic mass is 10.1. The van der Waals surface area contributed by atoms with Gasteiger partial charge >= 0.3 is 0 Å². The minimum atomic E-state index is -1.15. The van der Waals surface area contributed by atoms with Crippen molar-refractivity contribution < 1.29 is 19.7 Å². The van der Waals surface area contributed by atoms with Crippen molar-refractivity contribution in [2.75, 3.05) is 0 Å². The Kier molecular flexibility index (Phi) is 4.94. The molecule has 29 heavy (non-hydrogen) atoms. The number of fused-ring (bicyclic) bond motifs is 1. The molecule has 0 bridgehead atoms. The van der Waals surface area contributed by atoms with Crippen LogP contribution in [0.4, 0.5) is 0 Å². The van der Waals surface area contributed by atoms with Crippen LogP contribution in [0.25, 0.3) is 11.2 Å². The molecule has 3 aromatic rings. The van der Waals surface area contributed by atoms with E-state index in [4.69, 9.17) is 10.00 Å². The number of carbonyl (C=O) groups is 1. The van der Waals surface area contributed by atoms with Gasteiger partial charge in [0.2, 0.25) is 0 Å². The summed E-state index contributed by atoms with van der Waals surface area (Å²) >= 11 is 0. The summed E-state index contributed by atoms with van der Waals surface area (Å²) in [6, 6.07) is 8.91. The van der Waals surface area contributed by atoms with Gasteiger partial charge in [0.25, 0.3) is 5.91 Å². The number of aromatic nitrogens is 4. The smallest absolute Gasteiger partial charge is 0.272 e. The second kappa shape index (κ2) is 7.56. The first-order valence-electron chi connectivity index (χ1n) is 8.96. The van der Waals surface area contributed by atoms with Crippen molar-refractivity contribution in [1.29, 1.82) is 5.26 Å². The zero-order chi connectivity index (χ0) is 20.5. The summed E-state index contributed by atoms with van der Waals surface area (Å²) in [4.78, 5) is 25.0. The zero-order valence-corrected chi connectivity index (χ0v) is 15.4. The highest BCUT2D eigenvalue weighted by atomic mass is 16.6. The minimum Gasteiger partial charge on any atom is -0.388 e. The second-order valence-corrected chi connectivity index (χ2v) is 6.75. The maximum atomic E-state index is 12.6. The van der Waals surface area contributed by atoms with Crippen LogP contribution >= 0.6 is 0 Å². The largest absolute Gasteiger partial charge is 0.388 e. The SMILES string of the molecule is C[C@H]1O[C@@H](n2cnc3c(C(=O)NCc4ccc(C#N)cc4)ncnc32)[C@H](O)[C@@H]1O. The van der Waals surface area contributed by atoms with Gasteiger partial charge in [-0.3, -0.25) is 9.36 Å². The lowest BCUT2D eigenvalue weighted by molar-refractivity contribution is -0.0299. The molecule has 10 nitrogen and oxygen atoms in total. The molecular formula is C19H18N6O4. The second-order valence-electron chi connectivity index (χ2n) is 6.75. The van der Waals surface area contributed by atoms with Gasteiger partial charge in [0.05, 0.1) is 24.1 Å². The third-order valence-corrected chi connectivity index (χ3v) is 4.86. The van der Waals surface area contributed by atoms with Crippen molar-refractivity contribution in [1.82, 2.24) is 24.8 Å². The number of hydrogen-bond acceptors (Lipinski definition) is 8. The minimum absolute atomic E-state index is 0.0866. The Morgan fingerprint density at radius 1 is 1.24 bits per heavy atom. The number of carbonyl (C=O) groups excluding carboxylic acids is 1. The Morgan fingerprint density at radius 2 is 2.00 bits per heavy atom. The van der Waals surface area contributed by atoms with Gasteiger partial charge in [-0.05, 0) is 24.6 Å². The van der Waals surface area contributed by atoms with Crippen LogP contribution in [-0.4, -0.2) is 54.0 Å². The Morgan fingerprint density at radius 3 is 2.66 bits per heavy atom. The fourth-order valence-corrected chi connectivity index (χ4v) is 3.22. The summed E-state index contributed by atoms with van der Waals surface area (Å²) in [6.07, 6.45) is -0.965. The number of nitrogens with one attached hydrogen (secondary N) is 1. The van der Waals surface area contributed by atoms with E-state index in [0.29, 0.717) is 11.2 Å². The van der Waals surface area contributed by atoms with E-state index in [9.17, 15) is 15.0 Å². The lowest BCUT2D eigenvalue weighted by Crippen LogP contribution is -2.30. The van der Waals surface area contributed by atoms with E-state index in [2.05, 4.69) is 20.3 Å². The molecule has 148 valence electrons. The summed E-state index contributed by atoms with van der Waals surface area (Å²) in [5.41, 5.74) is 2.03. The Hall–Kier alpha value is -3.39. The van der Waals surface area contributed by atoms with Crippen LogP contribution in [0.2, 0.25) is 0 Å². The van der Waals surface area contributed by atoms with E-state index in [-0.39, 0.29) is 17.8 Å². The van der Waals surface area contributed by atoms with Crippen molar-refractivity contribution in [2.45, 2.75) is 38.0 Å². The highest BCUT2D eigenvalue weighted by Crippen LogP contribution is 2.31. The summed E-state index contributed by atoms with van der Waals surface area (Å²) in [7, 11) is 0. The van der Waals surface area contributed by atoms with Crippen LogP contribution in [0.3, 0.4) is 0 Å². The van der Waals surface area contributed by atoms with Gasteiger partial charge in [-0.2, -0.15) is 5.26 Å². The molecule has 2 aromatic heterocycles. The lowest BCUT2D eigenvalue weighted by Gasteiger charge is -2.16. The van der Waals surface area contributed by atoms with E-state index in [1.807, 2.05) is 6.07 Å². The molecule has 3 heterocycles. The number of imidazole rings is 1. The molecule has 10 heteroatoms. The molecular weight excluding hydrogens is 376 g/mol. The Bertz CT molecular complexity index is 1090. The first-order chi connectivity index (χ1) is 14.0. The van der Waals surface area contributed by atoms with Gasteiger partial charge in [-0.25, -0.2) is 15.0 Å². The quantitative estimate of drug-likeness (QED) is 0.571. The number of benzene rings is 1. The number of hydrogen-bond donors (Lipinski definition) is 3. The van der Waals surface area contributed by atoms with Gasteiger partial charge in [0, 0.05) is 6.54 Å². The maximum absolute atomic E-state index is 12.6. The highest BCUT2D eigenvalue weighted by Gasteiger charge is 2.42. The number of nitrogens with zero attached hydrogens (tertiary/aromatic N) is 5. The fraction of sp³-hybridized carbons (Fsp3) is 0.316. The molecule has 0 unspecified atom stereocenters. The van der Waals surface area contributed by atoms with Crippen molar-refractivity contribution in [3.05, 3.63) is 53.7 Å². The number of ether oxygens (including phenoxy) is 1. The normalized spacial score (nSPS) is 23.8. The molecule has 0 aliphatic carbocycles. The predicted octanol–water partition coefficient (Wildman–Crippen LogP) is 0.267. The molecule has 0 spiro atoms. The molecule has 1 amide bonds. The average molecular weight is 394 g/mol. The summed E-state index contributed by atoms with van der Waals surface area (Å²) in [5, 5.41) is 31.8. The number of nitriles is 1. The number of amides is 1. The third kappa shape index (κ3) is 3.42. The first kappa shape index (κ1) is 18.9. The van der Waals surface area contributed by atoms with E-state index < -0.39 is 30.4 Å². The fourth-order valence-electron chi connectivity index (χ4n) is 3.22. The zero-order valence-electron chi connectivity index (χ0n) is 15.4. The number of aliphatic hydroxyl groups excluding tert-OH is 2. The van der Waals surface area contributed by atoms with E-state index in [1.54, 1.807) is 31.2 Å².